The van der Waals surface area contributed by atoms with Crippen LogP contribution in [0, 0.1) is 0 Å². The van der Waals surface area contributed by atoms with Gasteiger partial charge in [-0.05, 0) is 13.5 Å². The highest BCUT2D eigenvalue weighted by atomic mass is 16.5. The fourth-order valence-electron chi connectivity index (χ4n) is 1.14. The van der Waals surface area contributed by atoms with Crippen LogP contribution >= 0.6 is 0 Å². The van der Waals surface area contributed by atoms with Crippen LogP contribution < -0.4 is 10.6 Å². The van der Waals surface area contributed by atoms with Crippen LogP contribution in [0.25, 0.3) is 0 Å². The summed E-state index contributed by atoms with van der Waals surface area (Å²) in [6.45, 7) is 5.92. The first kappa shape index (κ1) is 14.9. The number of likely N-dealkylation sites (N-methyl/N-ethyl adjacent to an activating group) is 1. The standard InChI is InChI=1S/C10H20N2O4/c1-3-11-5-6-12-8(10(14)15)7-9(13)16-4-2/h8,11-12H,3-7H2,1-2H3,(H,14,15). The molecule has 0 bridgehead atoms. The molecule has 1 atom stereocenters. The van der Waals surface area contributed by atoms with E-state index in [-0.39, 0.29) is 13.0 Å². The molecule has 0 aromatic rings. The molecule has 0 aliphatic heterocycles. The summed E-state index contributed by atoms with van der Waals surface area (Å²) in [5, 5.41) is 14.7. The van der Waals surface area contributed by atoms with Crippen molar-refractivity contribution in [2.24, 2.45) is 0 Å². The van der Waals surface area contributed by atoms with Crippen LogP contribution in [0.15, 0.2) is 0 Å². The number of rotatable bonds is 9. The van der Waals surface area contributed by atoms with Crippen molar-refractivity contribution in [3.8, 4) is 0 Å². The number of carboxylic acids is 1. The molecule has 0 saturated heterocycles. The van der Waals surface area contributed by atoms with E-state index in [1.165, 1.54) is 0 Å². The predicted octanol–water partition coefficient (Wildman–Crippen LogP) is -0.408. The van der Waals surface area contributed by atoms with Crippen LogP contribution in [0.3, 0.4) is 0 Å². The summed E-state index contributed by atoms with van der Waals surface area (Å²) in [6.07, 6.45) is -0.144. The van der Waals surface area contributed by atoms with Crippen molar-refractivity contribution < 1.29 is 19.4 Å². The van der Waals surface area contributed by atoms with Gasteiger partial charge in [0.2, 0.25) is 0 Å². The molecular weight excluding hydrogens is 212 g/mol. The fourth-order valence-corrected chi connectivity index (χ4v) is 1.14. The van der Waals surface area contributed by atoms with E-state index in [1.54, 1.807) is 6.92 Å². The van der Waals surface area contributed by atoms with Crippen LogP contribution in [0.2, 0.25) is 0 Å². The molecule has 94 valence electrons. The van der Waals surface area contributed by atoms with E-state index in [0.29, 0.717) is 13.1 Å². The molecule has 0 radical (unpaired) electrons. The smallest absolute Gasteiger partial charge is 0.321 e. The maximum Gasteiger partial charge on any atom is 0.321 e. The first-order valence-corrected chi connectivity index (χ1v) is 5.44. The second kappa shape index (κ2) is 9.11. The summed E-state index contributed by atoms with van der Waals surface area (Å²) in [6, 6.07) is -0.877. The van der Waals surface area contributed by atoms with E-state index < -0.39 is 18.0 Å². The Morgan fingerprint density at radius 2 is 2.00 bits per heavy atom. The third-order valence-electron chi connectivity index (χ3n) is 1.92. The Kier molecular flexibility index (Phi) is 8.46. The van der Waals surface area contributed by atoms with Gasteiger partial charge in [0.25, 0.3) is 0 Å². The van der Waals surface area contributed by atoms with Gasteiger partial charge in [-0.25, -0.2) is 0 Å². The lowest BCUT2D eigenvalue weighted by Gasteiger charge is -2.13. The maximum atomic E-state index is 11.1. The van der Waals surface area contributed by atoms with Crippen molar-refractivity contribution in [3.05, 3.63) is 0 Å². The second-order valence-electron chi connectivity index (χ2n) is 3.21. The monoisotopic (exact) mass is 232 g/mol. The van der Waals surface area contributed by atoms with Gasteiger partial charge in [-0.15, -0.1) is 0 Å². The minimum absolute atomic E-state index is 0.144. The number of ether oxygens (including phenoxy) is 1. The lowest BCUT2D eigenvalue weighted by Crippen LogP contribution is -2.42. The van der Waals surface area contributed by atoms with Crippen LogP contribution in [0.4, 0.5) is 0 Å². The molecular formula is C10H20N2O4. The SMILES string of the molecule is CCNCCNC(CC(=O)OCC)C(=O)O. The van der Waals surface area contributed by atoms with Crippen LogP contribution in [-0.2, 0) is 14.3 Å². The Morgan fingerprint density at radius 3 is 2.50 bits per heavy atom. The summed E-state index contributed by atoms with van der Waals surface area (Å²) in [5.74, 6) is -1.53. The summed E-state index contributed by atoms with van der Waals surface area (Å²) in [4.78, 5) is 21.9. The van der Waals surface area contributed by atoms with E-state index in [0.717, 1.165) is 6.54 Å². The second-order valence-corrected chi connectivity index (χ2v) is 3.21. The van der Waals surface area contributed by atoms with E-state index in [2.05, 4.69) is 10.6 Å². The van der Waals surface area contributed by atoms with Crippen molar-refractivity contribution in [3.63, 3.8) is 0 Å². The molecule has 0 saturated carbocycles. The van der Waals surface area contributed by atoms with Crippen molar-refractivity contribution >= 4 is 11.9 Å². The number of carbonyl (C=O) groups is 2. The summed E-state index contributed by atoms with van der Waals surface area (Å²) < 4.78 is 4.69. The van der Waals surface area contributed by atoms with Crippen LogP contribution in [0.1, 0.15) is 20.3 Å². The highest BCUT2D eigenvalue weighted by Crippen LogP contribution is 1.95. The molecule has 0 amide bonds. The molecule has 0 heterocycles. The fraction of sp³-hybridized carbons (Fsp3) is 0.800. The molecule has 3 N–H and O–H groups in total. The molecule has 16 heavy (non-hydrogen) atoms. The van der Waals surface area contributed by atoms with Crippen molar-refractivity contribution in [1.82, 2.24) is 10.6 Å². The molecule has 0 aromatic carbocycles. The normalized spacial score (nSPS) is 12.1. The Balaban J connectivity index is 3.88. The molecule has 0 rings (SSSR count). The molecule has 0 aliphatic rings. The zero-order valence-corrected chi connectivity index (χ0v) is 9.78. The van der Waals surface area contributed by atoms with Gasteiger partial charge >= 0.3 is 11.9 Å². The number of esters is 1. The van der Waals surface area contributed by atoms with Gasteiger partial charge in [0.15, 0.2) is 0 Å². The molecule has 0 aromatic heterocycles. The molecule has 0 aliphatic carbocycles. The topological polar surface area (TPSA) is 87.7 Å². The van der Waals surface area contributed by atoms with E-state index in [1.807, 2.05) is 6.92 Å². The Morgan fingerprint density at radius 1 is 1.31 bits per heavy atom. The zero-order chi connectivity index (χ0) is 12.4. The summed E-state index contributed by atoms with van der Waals surface area (Å²) >= 11 is 0. The molecule has 1 unspecified atom stereocenters. The van der Waals surface area contributed by atoms with E-state index in [4.69, 9.17) is 9.84 Å². The van der Waals surface area contributed by atoms with Gasteiger partial charge in [0.05, 0.1) is 13.0 Å². The van der Waals surface area contributed by atoms with E-state index >= 15 is 0 Å². The predicted molar refractivity (Wildman–Crippen MR) is 59.2 cm³/mol. The van der Waals surface area contributed by atoms with Crippen LogP contribution in [0.5, 0.6) is 0 Å². The lowest BCUT2D eigenvalue weighted by molar-refractivity contribution is -0.149. The highest BCUT2D eigenvalue weighted by molar-refractivity contribution is 5.81. The van der Waals surface area contributed by atoms with Crippen molar-refractivity contribution in [2.45, 2.75) is 26.3 Å². The first-order valence-electron chi connectivity index (χ1n) is 5.44. The van der Waals surface area contributed by atoms with Gasteiger partial charge in [0, 0.05) is 13.1 Å². The lowest BCUT2D eigenvalue weighted by atomic mass is 10.2. The average Bonchev–Trinajstić information content (AvgIpc) is 2.22. The van der Waals surface area contributed by atoms with Gasteiger partial charge in [-0.1, -0.05) is 6.92 Å². The Hall–Kier alpha value is -1.14. The number of hydrogen-bond donors (Lipinski definition) is 3. The average molecular weight is 232 g/mol. The molecule has 6 nitrogen and oxygen atoms in total. The number of carboxylic acid groups (broad SMARTS) is 1. The maximum absolute atomic E-state index is 11.1. The van der Waals surface area contributed by atoms with E-state index in [9.17, 15) is 9.59 Å². The Bertz CT molecular complexity index is 221. The van der Waals surface area contributed by atoms with Gasteiger partial charge < -0.3 is 20.5 Å². The largest absolute Gasteiger partial charge is 0.480 e. The first-order chi connectivity index (χ1) is 7.61. The summed E-state index contributed by atoms with van der Waals surface area (Å²) in [7, 11) is 0. The molecule has 0 fully saturated rings. The molecule has 6 heteroatoms. The Labute approximate surface area is 95.4 Å². The quantitative estimate of drug-likeness (QED) is 0.370. The highest BCUT2D eigenvalue weighted by Gasteiger charge is 2.20. The number of hydrogen-bond acceptors (Lipinski definition) is 5. The number of aliphatic carboxylic acids is 1. The third kappa shape index (κ3) is 7.19. The zero-order valence-electron chi connectivity index (χ0n) is 9.78. The van der Waals surface area contributed by atoms with Gasteiger partial charge in [0.1, 0.15) is 6.04 Å². The van der Waals surface area contributed by atoms with Crippen LogP contribution in [-0.4, -0.2) is 49.3 Å². The van der Waals surface area contributed by atoms with Gasteiger partial charge in [-0.3, -0.25) is 9.59 Å². The van der Waals surface area contributed by atoms with Crippen molar-refractivity contribution in [1.29, 1.82) is 0 Å². The summed E-state index contributed by atoms with van der Waals surface area (Å²) in [5.41, 5.74) is 0. The minimum atomic E-state index is -1.04. The third-order valence-corrected chi connectivity index (χ3v) is 1.92. The number of nitrogens with one attached hydrogen (secondary N) is 2. The number of carbonyl (C=O) groups excluding carboxylic acids is 1. The van der Waals surface area contributed by atoms with Crippen molar-refractivity contribution in [2.75, 3.05) is 26.2 Å². The van der Waals surface area contributed by atoms with Gasteiger partial charge in [-0.2, -0.15) is 0 Å². The molecule has 0 spiro atoms. The minimum Gasteiger partial charge on any atom is -0.480 e.